The highest BCUT2D eigenvalue weighted by molar-refractivity contribution is 5.95. The SMILES string of the molecule is Cc1ccccc1C(C(=O)NC1CCCCC1)N(C(=O)C(CC(N)=O)NC(=O)OC(C)(C)C)C(C)(C)C. The van der Waals surface area contributed by atoms with E-state index in [-0.39, 0.29) is 11.9 Å². The van der Waals surface area contributed by atoms with E-state index in [1.54, 1.807) is 20.8 Å². The smallest absolute Gasteiger partial charge is 0.408 e. The van der Waals surface area contributed by atoms with E-state index in [1.165, 1.54) is 4.90 Å². The van der Waals surface area contributed by atoms with Gasteiger partial charge in [-0.3, -0.25) is 14.4 Å². The van der Waals surface area contributed by atoms with Gasteiger partial charge >= 0.3 is 6.09 Å². The van der Waals surface area contributed by atoms with Crippen LogP contribution in [-0.2, 0) is 19.1 Å². The van der Waals surface area contributed by atoms with E-state index >= 15 is 0 Å². The molecule has 1 saturated carbocycles. The summed E-state index contributed by atoms with van der Waals surface area (Å²) in [6.07, 6.45) is 3.73. The summed E-state index contributed by atoms with van der Waals surface area (Å²) in [4.78, 5) is 54.0. The van der Waals surface area contributed by atoms with Crippen molar-refractivity contribution < 1.29 is 23.9 Å². The predicted molar refractivity (Wildman–Crippen MR) is 143 cm³/mol. The largest absolute Gasteiger partial charge is 0.444 e. The number of carbonyl (C=O) groups excluding carboxylic acids is 4. The van der Waals surface area contributed by atoms with Crippen LogP contribution in [0.15, 0.2) is 24.3 Å². The first-order valence-electron chi connectivity index (χ1n) is 13.1. The summed E-state index contributed by atoms with van der Waals surface area (Å²) in [5, 5.41) is 5.68. The lowest BCUT2D eigenvalue weighted by Gasteiger charge is -2.43. The number of aryl methyl sites for hydroxylation is 1. The lowest BCUT2D eigenvalue weighted by molar-refractivity contribution is -0.149. The molecule has 0 aromatic heterocycles. The van der Waals surface area contributed by atoms with E-state index in [2.05, 4.69) is 10.6 Å². The van der Waals surface area contributed by atoms with Gasteiger partial charge in [0.2, 0.25) is 17.7 Å². The number of rotatable bonds is 8. The average Bonchev–Trinajstić information content (AvgIpc) is 2.75. The molecule has 1 aromatic rings. The van der Waals surface area contributed by atoms with Gasteiger partial charge in [0.25, 0.3) is 0 Å². The van der Waals surface area contributed by atoms with Crippen molar-refractivity contribution >= 4 is 23.8 Å². The van der Waals surface area contributed by atoms with Crippen LogP contribution in [0.4, 0.5) is 4.79 Å². The average molecular weight is 517 g/mol. The van der Waals surface area contributed by atoms with Crippen molar-refractivity contribution in [3.05, 3.63) is 35.4 Å². The Labute approximate surface area is 220 Å². The standard InChI is InChI=1S/C28H44N4O5/c1-18-13-11-12-16-20(18)23(24(34)30-19-14-9-8-10-15-19)32(27(2,3)4)25(35)21(17-22(29)33)31-26(36)37-28(5,6)7/h11-13,16,19,21,23H,8-10,14-15,17H2,1-7H3,(H2,29,33)(H,30,34)(H,31,36). The highest BCUT2D eigenvalue weighted by atomic mass is 16.6. The Bertz CT molecular complexity index is 974. The molecule has 0 aliphatic heterocycles. The zero-order valence-corrected chi connectivity index (χ0v) is 23.3. The summed E-state index contributed by atoms with van der Waals surface area (Å²) in [7, 11) is 0. The van der Waals surface area contributed by atoms with Gasteiger partial charge in [-0.15, -0.1) is 0 Å². The topological polar surface area (TPSA) is 131 Å². The molecule has 1 aliphatic rings. The minimum Gasteiger partial charge on any atom is -0.444 e. The quantitative estimate of drug-likeness (QED) is 0.483. The van der Waals surface area contributed by atoms with Crippen LogP contribution in [0.2, 0.25) is 0 Å². The molecule has 4 amide bonds. The molecular weight excluding hydrogens is 472 g/mol. The first-order valence-corrected chi connectivity index (χ1v) is 13.1. The molecule has 0 spiro atoms. The number of alkyl carbamates (subject to hydrolysis) is 1. The van der Waals surface area contributed by atoms with Gasteiger partial charge in [0, 0.05) is 11.6 Å². The number of ether oxygens (including phenoxy) is 1. The molecule has 1 aromatic carbocycles. The maximum absolute atomic E-state index is 14.1. The Hall–Kier alpha value is -3.10. The second kappa shape index (κ2) is 12.4. The van der Waals surface area contributed by atoms with Crippen LogP contribution in [0.1, 0.15) is 97.2 Å². The number of benzene rings is 1. The van der Waals surface area contributed by atoms with Gasteiger partial charge in [0.1, 0.15) is 17.7 Å². The van der Waals surface area contributed by atoms with Crippen molar-refractivity contribution in [2.24, 2.45) is 5.73 Å². The third kappa shape index (κ3) is 9.05. The van der Waals surface area contributed by atoms with Crippen LogP contribution in [0.5, 0.6) is 0 Å². The lowest BCUT2D eigenvalue weighted by atomic mass is 9.91. The summed E-state index contributed by atoms with van der Waals surface area (Å²) in [5.41, 5.74) is 5.32. The minimum absolute atomic E-state index is 0.0333. The molecule has 1 aliphatic carbocycles. The fourth-order valence-corrected chi connectivity index (χ4v) is 4.68. The molecule has 206 valence electrons. The van der Waals surface area contributed by atoms with E-state index < -0.39 is 47.6 Å². The number of nitrogens with two attached hydrogens (primary N) is 1. The van der Waals surface area contributed by atoms with Gasteiger partial charge in [-0.2, -0.15) is 0 Å². The van der Waals surface area contributed by atoms with Gasteiger partial charge in [-0.1, -0.05) is 43.5 Å². The molecular formula is C28H44N4O5. The van der Waals surface area contributed by atoms with Crippen LogP contribution < -0.4 is 16.4 Å². The molecule has 0 bridgehead atoms. The van der Waals surface area contributed by atoms with Crippen LogP contribution in [0.3, 0.4) is 0 Å². The number of primary amides is 1. The second-order valence-corrected chi connectivity index (χ2v) is 11.9. The van der Waals surface area contributed by atoms with E-state index in [0.717, 1.165) is 37.7 Å². The van der Waals surface area contributed by atoms with Gasteiger partial charge in [0.15, 0.2) is 0 Å². The number of hydrogen-bond acceptors (Lipinski definition) is 5. The zero-order chi connectivity index (χ0) is 28.0. The molecule has 0 radical (unpaired) electrons. The minimum atomic E-state index is -1.31. The zero-order valence-electron chi connectivity index (χ0n) is 23.3. The molecule has 2 unspecified atom stereocenters. The molecule has 9 heteroatoms. The van der Waals surface area contributed by atoms with Crippen molar-refractivity contribution in [3.63, 3.8) is 0 Å². The molecule has 0 saturated heterocycles. The van der Waals surface area contributed by atoms with Crippen LogP contribution in [-0.4, -0.2) is 51.9 Å². The first kappa shape index (κ1) is 30.1. The first-order chi connectivity index (χ1) is 17.1. The molecule has 4 N–H and O–H groups in total. The van der Waals surface area contributed by atoms with E-state index in [0.29, 0.717) is 5.56 Å². The summed E-state index contributed by atoms with van der Waals surface area (Å²) in [6, 6.07) is 5.17. The highest BCUT2D eigenvalue weighted by Crippen LogP contribution is 2.32. The Morgan fingerprint density at radius 1 is 1.03 bits per heavy atom. The normalized spacial score (nSPS) is 16.3. The fourth-order valence-electron chi connectivity index (χ4n) is 4.68. The van der Waals surface area contributed by atoms with Crippen molar-refractivity contribution in [1.82, 2.24) is 15.5 Å². The van der Waals surface area contributed by atoms with Crippen LogP contribution >= 0.6 is 0 Å². The summed E-state index contributed by atoms with van der Waals surface area (Å²) >= 11 is 0. The van der Waals surface area contributed by atoms with Crippen LogP contribution in [0, 0.1) is 6.92 Å². The Morgan fingerprint density at radius 3 is 2.14 bits per heavy atom. The molecule has 2 atom stereocenters. The number of nitrogens with zero attached hydrogens (tertiary/aromatic N) is 1. The molecule has 1 fully saturated rings. The highest BCUT2D eigenvalue weighted by Gasteiger charge is 2.43. The Kier molecular flexibility index (Phi) is 10.1. The number of hydrogen-bond donors (Lipinski definition) is 3. The maximum atomic E-state index is 14.1. The Balaban J connectivity index is 2.53. The monoisotopic (exact) mass is 516 g/mol. The number of nitrogens with one attached hydrogen (secondary N) is 2. The van der Waals surface area contributed by atoms with Gasteiger partial charge in [0.05, 0.1) is 6.42 Å². The second-order valence-electron chi connectivity index (χ2n) is 11.9. The van der Waals surface area contributed by atoms with Crippen molar-refractivity contribution in [1.29, 1.82) is 0 Å². The molecule has 2 rings (SSSR count). The van der Waals surface area contributed by atoms with Gasteiger partial charge in [-0.25, -0.2) is 4.79 Å². The molecule has 0 heterocycles. The van der Waals surface area contributed by atoms with Gasteiger partial charge in [-0.05, 0) is 72.4 Å². The van der Waals surface area contributed by atoms with Crippen molar-refractivity contribution in [2.75, 3.05) is 0 Å². The summed E-state index contributed by atoms with van der Waals surface area (Å²) < 4.78 is 5.33. The lowest BCUT2D eigenvalue weighted by Crippen LogP contribution is -2.59. The van der Waals surface area contributed by atoms with E-state index in [4.69, 9.17) is 10.5 Å². The van der Waals surface area contributed by atoms with Crippen LogP contribution in [0.25, 0.3) is 0 Å². The molecule has 9 nitrogen and oxygen atoms in total. The van der Waals surface area contributed by atoms with E-state index in [1.807, 2.05) is 52.0 Å². The molecule has 37 heavy (non-hydrogen) atoms. The summed E-state index contributed by atoms with van der Waals surface area (Å²) in [6.45, 7) is 12.4. The van der Waals surface area contributed by atoms with Crippen molar-refractivity contribution in [2.45, 2.75) is 116 Å². The number of amides is 4. The van der Waals surface area contributed by atoms with Crippen molar-refractivity contribution in [3.8, 4) is 0 Å². The van der Waals surface area contributed by atoms with Gasteiger partial charge < -0.3 is 26.0 Å². The fraction of sp³-hybridized carbons (Fsp3) is 0.643. The Morgan fingerprint density at radius 2 is 1.62 bits per heavy atom. The maximum Gasteiger partial charge on any atom is 0.408 e. The third-order valence-electron chi connectivity index (χ3n) is 6.30. The number of carbonyl (C=O) groups is 4. The third-order valence-corrected chi connectivity index (χ3v) is 6.30. The van der Waals surface area contributed by atoms with E-state index in [9.17, 15) is 19.2 Å². The predicted octanol–water partition coefficient (Wildman–Crippen LogP) is 3.88. The summed E-state index contributed by atoms with van der Waals surface area (Å²) in [5.74, 6) is -1.65.